The smallest absolute Gasteiger partial charge is 0.227 e. The molecule has 1 fully saturated rings. The highest BCUT2D eigenvalue weighted by atomic mass is 32.2. The van der Waals surface area contributed by atoms with Crippen LogP contribution >= 0.6 is 0 Å². The number of nitrogens with zero attached hydrogens (tertiary/aromatic N) is 1. The van der Waals surface area contributed by atoms with Crippen molar-refractivity contribution in [2.24, 2.45) is 5.92 Å². The number of carbonyl (C=O) groups excluding carboxylic acids is 1. The fourth-order valence-corrected chi connectivity index (χ4v) is 4.83. The van der Waals surface area contributed by atoms with Gasteiger partial charge in [0.15, 0.2) is 0 Å². The van der Waals surface area contributed by atoms with Crippen LogP contribution in [0.3, 0.4) is 0 Å². The highest BCUT2D eigenvalue weighted by Gasteiger charge is 2.30. The maximum Gasteiger partial charge on any atom is 0.227 e. The van der Waals surface area contributed by atoms with Crippen LogP contribution in [0, 0.1) is 5.92 Å². The average Bonchev–Trinajstić information content (AvgIpc) is 2.60. The lowest BCUT2D eigenvalue weighted by atomic mass is 9.87. The molecule has 26 heavy (non-hydrogen) atoms. The summed E-state index contributed by atoms with van der Waals surface area (Å²) in [5, 5.41) is 2.97. The van der Waals surface area contributed by atoms with Gasteiger partial charge >= 0.3 is 0 Å². The predicted octanol–water partition coefficient (Wildman–Crippen LogP) is 3.76. The molecule has 6 heteroatoms. The molecule has 0 spiro atoms. The number of nitrogens with one attached hydrogen (secondary N) is 1. The van der Waals surface area contributed by atoms with Gasteiger partial charge in [0.05, 0.1) is 5.75 Å². The van der Waals surface area contributed by atoms with E-state index in [2.05, 4.69) is 26.1 Å². The maximum atomic E-state index is 12.5. The van der Waals surface area contributed by atoms with Crippen molar-refractivity contribution in [2.45, 2.75) is 58.8 Å². The average molecular weight is 381 g/mol. The second-order valence-electron chi connectivity index (χ2n) is 8.16. The van der Waals surface area contributed by atoms with Gasteiger partial charge in [-0.15, -0.1) is 0 Å². The van der Waals surface area contributed by atoms with Crippen molar-refractivity contribution < 1.29 is 13.2 Å². The van der Waals surface area contributed by atoms with Crippen molar-refractivity contribution in [3.8, 4) is 0 Å². The molecule has 0 unspecified atom stereocenters. The van der Waals surface area contributed by atoms with Crippen molar-refractivity contribution in [1.29, 1.82) is 0 Å². The van der Waals surface area contributed by atoms with Gasteiger partial charge in [-0.05, 0) is 42.4 Å². The first-order chi connectivity index (χ1) is 12.1. The third kappa shape index (κ3) is 5.55. The minimum Gasteiger partial charge on any atom is -0.326 e. The van der Waals surface area contributed by atoms with Gasteiger partial charge in [-0.2, -0.15) is 0 Å². The molecule has 0 saturated carbocycles. The number of amides is 1. The summed E-state index contributed by atoms with van der Waals surface area (Å²) < 4.78 is 26.0. The van der Waals surface area contributed by atoms with E-state index >= 15 is 0 Å². The van der Waals surface area contributed by atoms with Gasteiger partial charge in [-0.25, -0.2) is 12.7 Å². The van der Waals surface area contributed by atoms with E-state index in [-0.39, 0.29) is 23.0 Å². The third-order valence-corrected chi connectivity index (χ3v) is 6.95. The van der Waals surface area contributed by atoms with Crippen LogP contribution in [0.5, 0.6) is 0 Å². The number of carbonyl (C=O) groups is 1. The molecule has 0 aromatic heterocycles. The molecule has 2 rings (SSSR count). The van der Waals surface area contributed by atoms with Crippen LogP contribution in [0.4, 0.5) is 5.69 Å². The van der Waals surface area contributed by atoms with Crippen molar-refractivity contribution in [3.63, 3.8) is 0 Å². The van der Waals surface area contributed by atoms with Gasteiger partial charge < -0.3 is 5.32 Å². The Morgan fingerprint density at radius 2 is 1.73 bits per heavy atom. The van der Waals surface area contributed by atoms with Crippen LogP contribution in [0.15, 0.2) is 24.3 Å². The maximum absolute atomic E-state index is 12.5. The number of anilines is 1. The van der Waals surface area contributed by atoms with Crippen LogP contribution in [0.1, 0.15) is 58.9 Å². The molecule has 146 valence electrons. The highest BCUT2D eigenvalue weighted by molar-refractivity contribution is 7.89. The van der Waals surface area contributed by atoms with Crippen LogP contribution in [-0.2, 0) is 20.2 Å². The molecular formula is C20H32N2O3S. The van der Waals surface area contributed by atoms with Crippen molar-refractivity contribution >= 4 is 21.6 Å². The molecule has 0 bridgehead atoms. The Kier molecular flexibility index (Phi) is 6.86. The van der Waals surface area contributed by atoms with Gasteiger partial charge in [0.1, 0.15) is 0 Å². The van der Waals surface area contributed by atoms with E-state index in [0.29, 0.717) is 32.4 Å². The number of piperidine rings is 1. The summed E-state index contributed by atoms with van der Waals surface area (Å²) in [5.74, 6) is 0.0644. The Bertz CT molecular complexity index is 698. The van der Waals surface area contributed by atoms with E-state index in [0.717, 1.165) is 12.1 Å². The number of hydrogen-bond acceptors (Lipinski definition) is 3. The number of hydrogen-bond donors (Lipinski definition) is 1. The summed E-state index contributed by atoms with van der Waals surface area (Å²) in [7, 11) is -3.17. The molecular weight excluding hydrogens is 348 g/mol. The predicted molar refractivity (Wildman–Crippen MR) is 107 cm³/mol. The fraction of sp³-hybridized carbons (Fsp3) is 0.650. The number of unbranched alkanes of at least 4 members (excludes halogenated alkanes) is 1. The summed E-state index contributed by atoms with van der Waals surface area (Å²) in [4.78, 5) is 12.5. The molecule has 5 nitrogen and oxygen atoms in total. The Labute approximate surface area is 158 Å². The Hall–Kier alpha value is -1.40. The Morgan fingerprint density at radius 1 is 1.15 bits per heavy atom. The zero-order valence-corrected chi connectivity index (χ0v) is 17.2. The van der Waals surface area contributed by atoms with E-state index < -0.39 is 10.0 Å². The normalized spacial score (nSPS) is 17.2. The van der Waals surface area contributed by atoms with E-state index in [1.54, 1.807) is 4.31 Å². The van der Waals surface area contributed by atoms with Crippen molar-refractivity contribution in [2.75, 3.05) is 24.2 Å². The number of sulfonamides is 1. The zero-order chi connectivity index (χ0) is 19.4. The largest absolute Gasteiger partial charge is 0.326 e. The van der Waals surface area contributed by atoms with Gasteiger partial charge in [0.25, 0.3) is 0 Å². The first kappa shape index (κ1) is 20.9. The zero-order valence-electron chi connectivity index (χ0n) is 16.4. The first-order valence-electron chi connectivity index (χ1n) is 9.52. The van der Waals surface area contributed by atoms with E-state index in [1.807, 2.05) is 31.2 Å². The topological polar surface area (TPSA) is 66.5 Å². The molecule has 1 N–H and O–H groups in total. The monoisotopic (exact) mass is 380 g/mol. The summed E-state index contributed by atoms with van der Waals surface area (Å²) >= 11 is 0. The fourth-order valence-electron chi connectivity index (χ4n) is 3.15. The molecule has 1 heterocycles. The second kappa shape index (κ2) is 8.53. The Balaban J connectivity index is 1.88. The van der Waals surface area contributed by atoms with E-state index in [9.17, 15) is 13.2 Å². The molecule has 1 aromatic carbocycles. The summed E-state index contributed by atoms with van der Waals surface area (Å²) in [6.07, 6.45) is 2.72. The van der Waals surface area contributed by atoms with Crippen molar-refractivity contribution in [1.82, 2.24) is 4.31 Å². The SMILES string of the molecule is CCCCS(=O)(=O)N1CCC(C(=O)Nc2ccc(C(C)(C)C)cc2)CC1. The molecule has 0 aliphatic carbocycles. The first-order valence-corrected chi connectivity index (χ1v) is 11.1. The molecule has 1 aliphatic rings. The third-order valence-electron chi connectivity index (χ3n) is 4.99. The minimum absolute atomic E-state index is 0.0147. The second-order valence-corrected chi connectivity index (χ2v) is 10.2. The van der Waals surface area contributed by atoms with Crippen LogP contribution in [0.25, 0.3) is 0 Å². The lowest BCUT2D eigenvalue weighted by Gasteiger charge is -2.30. The van der Waals surface area contributed by atoms with Gasteiger partial charge in [-0.3, -0.25) is 4.79 Å². The molecule has 1 aliphatic heterocycles. The Morgan fingerprint density at radius 3 is 2.23 bits per heavy atom. The summed E-state index contributed by atoms with van der Waals surface area (Å²) in [5.41, 5.74) is 2.10. The van der Waals surface area contributed by atoms with Crippen LogP contribution < -0.4 is 5.32 Å². The molecule has 1 amide bonds. The van der Waals surface area contributed by atoms with E-state index in [1.165, 1.54) is 5.56 Å². The van der Waals surface area contributed by atoms with Gasteiger partial charge in [0.2, 0.25) is 15.9 Å². The highest BCUT2D eigenvalue weighted by Crippen LogP contribution is 2.25. The molecule has 1 saturated heterocycles. The number of rotatable bonds is 6. The van der Waals surface area contributed by atoms with Gasteiger partial charge in [0, 0.05) is 24.7 Å². The number of benzene rings is 1. The van der Waals surface area contributed by atoms with Gasteiger partial charge in [-0.1, -0.05) is 46.2 Å². The quantitative estimate of drug-likeness (QED) is 0.817. The van der Waals surface area contributed by atoms with E-state index in [4.69, 9.17) is 0 Å². The van der Waals surface area contributed by atoms with Crippen LogP contribution in [0.2, 0.25) is 0 Å². The lowest BCUT2D eigenvalue weighted by molar-refractivity contribution is -0.120. The summed E-state index contributed by atoms with van der Waals surface area (Å²) in [6.45, 7) is 9.33. The molecule has 0 radical (unpaired) electrons. The van der Waals surface area contributed by atoms with Crippen LogP contribution in [-0.4, -0.2) is 37.5 Å². The van der Waals surface area contributed by atoms with Crippen molar-refractivity contribution in [3.05, 3.63) is 29.8 Å². The minimum atomic E-state index is -3.17. The standard InChI is InChI=1S/C20H32N2O3S/c1-5-6-15-26(24,25)22-13-11-16(12-14-22)19(23)21-18-9-7-17(8-10-18)20(2,3)4/h7-10,16H,5-6,11-15H2,1-4H3,(H,21,23). The summed E-state index contributed by atoms with van der Waals surface area (Å²) in [6, 6.07) is 7.95. The lowest BCUT2D eigenvalue weighted by Crippen LogP contribution is -2.42. The molecule has 1 aromatic rings. The molecule has 0 atom stereocenters.